The van der Waals surface area contributed by atoms with Gasteiger partial charge in [-0.25, -0.2) is 4.79 Å². The molecule has 0 aromatic carbocycles. The fourth-order valence-electron chi connectivity index (χ4n) is 2.54. The van der Waals surface area contributed by atoms with E-state index in [0.29, 0.717) is 23.7 Å². The molecule has 9 heteroatoms. The van der Waals surface area contributed by atoms with Crippen LogP contribution in [0.2, 0.25) is 0 Å². The normalized spacial score (nSPS) is 10.6. The minimum absolute atomic E-state index is 0.0607. The van der Waals surface area contributed by atoms with Gasteiger partial charge in [-0.1, -0.05) is 0 Å². The molecule has 0 spiro atoms. The fraction of sp³-hybridized carbons (Fsp3) is 0.278. The number of amides is 1. The van der Waals surface area contributed by atoms with Gasteiger partial charge < -0.3 is 10.1 Å². The number of aryl methyl sites for hydroxylation is 2. The molecule has 9 nitrogen and oxygen atoms in total. The van der Waals surface area contributed by atoms with E-state index in [1.54, 1.807) is 49.2 Å². The number of rotatable bonds is 6. The van der Waals surface area contributed by atoms with E-state index in [-0.39, 0.29) is 12.5 Å². The maximum Gasteiger partial charge on any atom is 0.339 e. The molecule has 0 unspecified atom stereocenters. The van der Waals surface area contributed by atoms with Crippen LogP contribution in [0.25, 0.3) is 11.3 Å². The Morgan fingerprint density at radius 1 is 1.26 bits per heavy atom. The summed E-state index contributed by atoms with van der Waals surface area (Å²) < 4.78 is 8.06. The van der Waals surface area contributed by atoms with Crippen molar-refractivity contribution in [3.05, 3.63) is 48.0 Å². The summed E-state index contributed by atoms with van der Waals surface area (Å²) in [6.45, 7) is 3.98. The average Bonchev–Trinajstić information content (AvgIpc) is 3.21. The van der Waals surface area contributed by atoms with Crippen molar-refractivity contribution in [2.24, 2.45) is 7.05 Å². The number of esters is 1. The highest BCUT2D eigenvalue weighted by Crippen LogP contribution is 2.16. The molecule has 0 aliphatic heterocycles. The lowest BCUT2D eigenvalue weighted by Gasteiger charge is -2.05. The zero-order valence-electron chi connectivity index (χ0n) is 15.3. The van der Waals surface area contributed by atoms with Gasteiger partial charge in [0.05, 0.1) is 29.8 Å². The Bertz CT molecular complexity index is 958. The maximum absolute atomic E-state index is 12.2. The van der Waals surface area contributed by atoms with Gasteiger partial charge in [0.15, 0.2) is 0 Å². The minimum Gasteiger partial charge on any atom is -0.462 e. The number of nitrogens with one attached hydrogen (secondary N) is 1. The second kappa shape index (κ2) is 7.81. The van der Waals surface area contributed by atoms with E-state index in [1.807, 2.05) is 6.92 Å². The Kier molecular flexibility index (Phi) is 5.30. The third kappa shape index (κ3) is 4.38. The van der Waals surface area contributed by atoms with E-state index in [4.69, 9.17) is 4.74 Å². The van der Waals surface area contributed by atoms with Crippen LogP contribution in [0.15, 0.2) is 36.8 Å². The van der Waals surface area contributed by atoms with Gasteiger partial charge in [0.1, 0.15) is 12.4 Å². The highest BCUT2D eigenvalue weighted by atomic mass is 16.5. The summed E-state index contributed by atoms with van der Waals surface area (Å²) >= 11 is 0. The molecule has 0 radical (unpaired) electrons. The highest BCUT2D eigenvalue weighted by molar-refractivity contribution is 5.90. The van der Waals surface area contributed by atoms with Crippen molar-refractivity contribution in [1.82, 2.24) is 24.5 Å². The van der Waals surface area contributed by atoms with Crippen molar-refractivity contribution in [2.45, 2.75) is 20.4 Å². The number of anilines is 1. The van der Waals surface area contributed by atoms with Crippen LogP contribution in [-0.4, -0.2) is 43.0 Å². The molecule has 0 saturated heterocycles. The van der Waals surface area contributed by atoms with Crippen LogP contribution in [0.1, 0.15) is 23.0 Å². The van der Waals surface area contributed by atoms with Crippen LogP contribution in [0, 0.1) is 6.92 Å². The predicted octanol–water partition coefficient (Wildman–Crippen LogP) is 1.80. The molecule has 0 aliphatic carbocycles. The van der Waals surface area contributed by atoms with Gasteiger partial charge in [-0.15, -0.1) is 0 Å². The van der Waals surface area contributed by atoms with E-state index in [0.717, 1.165) is 11.3 Å². The number of carbonyl (C=O) groups excluding carboxylic acids is 2. The molecule has 0 aliphatic rings. The van der Waals surface area contributed by atoms with E-state index >= 15 is 0 Å². The number of hydrogen-bond donors (Lipinski definition) is 1. The summed E-state index contributed by atoms with van der Waals surface area (Å²) in [4.78, 5) is 28.1. The molecule has 3 heterocycles. The average molecular weight is 368 g/mol. The molecular formula is C18H20N6O3. The largest absolute Gasteiger partial charge is 0.462 e. The van der Waals surface area contributed by atoms with Crippen LogP contribution in [0.4, 0.5) is 5.82 Å². The molecule has 0 atom stereocenters. The first-order valence-corrected chi connectivity index (χ1v) is 8.42. The Hall–Kier alpha value is -3.49. The highest BCUT2D eigenvalue weighted by Gasteiger charge is 2.11. The summed E-state index contributed by atoms with van der Waals surface area (Å²) in [5.74, 6) is 0.00804. The first kappa shape index (κ1) is 18.3. The molecule has 3 aromatic heterocycles. The molecule has 1 amide bonds. The van der Waals surface area contributed by atoms with E-state index < -0.39 is 5.97 Å². The SMILES string of the molecule is CCOC(=O)c1ccc(-c2cnn(CC(=O)Nc3cc(C)nn3C)c2)nc1. The van der Waals surface area contributed by atoms with Crippen molar-refractivity contribution in [1.29, 1.82) is 0 Å². The lowest BCUT2D eigenvalue weighted by Crippen LogP contribution is -2.20. The number of nitrogens with zero attached hydrogens (tertiary/aromatic N) is 5. The second-order valence-corrected chi connectivity index (χ2v) is 5.92. The zero-order chi connectivity index (χ0) is 19.4. The Labute approximate surface area is 156 Å². The molecule has 0 fully saturated rings. The summed E-state index contributed by atoms with van der Waals surface area (Å²) in [6.07, 6.45) is 4.80. The third-order valence-electron chi connectivity index (χ3n) is 3.78. The zero-order valence-corrected chi connectivity index (χ0v) is 15.3. The molecule has 1 N–H and O–H groups in total. The summed E-state index contributed by atoms with van der Waals surface area (Å²) in [5, 5.41) is 11.2. The second-order valence-electron chi connectivity index (χ2n) is 5.92. The van der Waals surface area contributed by atoms with Crippen molar-refractivity contribution in [2.75, 3.05) is 11.9 Å². The smallest absolute Gasteiger partial charge is 0.339 e. The lowest BCUT2D eigenvalue weighted by molar-refractivity contribution is -0.116. The molecule has 27 heavy (non-hydrogen) atoms. The third-order valence-corrected chi connectivity index (χ3v) is 3.78. The van der Waals surface area contributed by atoms with E-state index in [2.05, 4.69) is 20.5 Å². The van der Waals surface area contributed by atoms with Crippen LogP contribution in [0.3, 0.4) is 0 Å². The van der Waals surface area contributed by atoms with Crippen LogP contribution in [0.5, 0.6) is 0 Å². The lowest BCUT2D eigenvalue weighted by atomic mass is 10.2. The van der Waals surface area contributed by atoms with Gasteiger partial charge in [-0.05, 0) is 26.0 Å². The quantitative estimate of drug-likeness (QED) is 0.666. The van der Waals surface area contributed by atoms with Crippen molar-refractivity contribution >= 4 is 17.7 Å². The molecule has 140 valence electrons. The Morgan fingerprint density at radius 2 is 2.07 bits per heavy atom. The predicted molar refractivity (Wildman–Crippen MR) is 98.0 cm³/mol. The van der Waals surface area contributed by atoms with Gasteiger partial charge >= 0.3 is 5.97 Å². The molecule has 3 rings (SSSR count). The summed E-state index contributed by atoms with van der Waals surface area (Å²) in [7, 11) is 1.76. The van der Waals surface area contributed by atoms with Gasteiger partial charge in [0.2, 0.25) is 5.91 Å². The number of pyridine rings is 1. The molecule has 0 saturated carbocycles. The first-order valence-electron chi connectivity index (χ1n) is 8.42. The first-order chi connectivity index (χ1) is 13.0. The van der Waals surface area contributed by atoms with E-state index in [9.17, 15) is 9.59 Å². The van der Waals surface area contributed by atoms with Gasteiger partial charge in [-0.3, -0.25) is 19.1 Å². The Morgan fingerprint density at radius 3 is 2.70 bits per heavy atom. The number of ether oxygens (including phenoxy) is 1. The maximum atomic E-state index is 12.2. The van der Waals surface area contributed by atoms with Crippen molar-refractivity contribution in [3.63, 3.8) is 0 Å². The van der Waals surface area contributed by atoms with E-state index in [1.165, 1.54) is 10.9 Å². The van der Waals surface area contributed by atoms with Crippen molar-refractivity contribution < 1.29 is 14.3 Å². The van der Waals surface area contributed by atoms with Crippen LogP contribution in [-0.2, 0) is 23.1 Å². The van der Waals surface area contributed by atoms with Gasteiger partial charge in [0.25, 0.3) is 0 Å². The van der Waals surface area contributed by atoms with Gasteiger partial charge in [-0.2, -0.15) is 10.2 Å². The standard InChI is InChI=1S/C18H20N6O3/c1-4-27-18(26)13-5-6-15(19-8-13)14-9-20-24(10-14)11-17(25)21-16-7-12(2)22-23(16)3/h5-10H,4,11H2,1-3H3,(H,21,25). The fourth-order valence-corrected chi connectivity index (χ4v) is 2.54. The summed E-state index contributed by atoms with van der Waals surface area (Å²) in [6, 6.07) is 5.16. The summed E-state index contributed by atoms with van der Waals surface area (Å²) in [5.41, 5.74) is 2.61. The van der Waals surface area contributed by atoms with Crippen LogP contribution < -0.4 is 5.32 Å². The van der Waals surface area contributed by atoms with Crippen LogP contribution >= 0.6 is 0 Å². The van der Waals surface area contributed by atoms with Gasteiger partial charge in [0, 0.05) is 31.1 Å². The number of carbonyl (C=O) groups is 2. The monoisotopic (exact) mass is 368 g/mol. The molecule has 0 bridgehead atoms. The number of hydrogen-bond acceptors (Lipinski definition) is 6. The molecule has 3 aromatic rings. The molecular weight excluding hydrogens is 348 g/mol. The topological polar surface area (TPSA) is 104 Å². The minimum atomic E-state index is -0.408. The number of aromatic nitrogens is 5. The Balaban J connectivity index is 1.65. The van der Waals surface area contributed by atoms with Crippen molar-refractivity contribution in [3.8, 4) is 11.3 Å².